The molecule has 70 valence electrons. The van der Waals surface area contributed by atoms with Crippen LogP contribution >= 0.6 is 0 Å². The molecule has 1 heterocycles. The van der Waals surface area contributed by atoms with Gasteiger partial charge in [0.25, 0.3) is 0 Å². The molecule has 1 aliphatic heterocycles. The minimum atomic E-state index is -0.111. The van der Waals surface area contributed by atoms with Gasteiger partial charge >= 0.3 is 0 Å². The van der Waals surface area contributed by atoms with E-state index >= 15 is 0 Å². The van der Waals surface area contributed by atoms with E-state index in [4.69, 9.17) is 5.11 Å². The third-order valence-electron chi connectivity index (χ3n) is 1.98. The smallest absolute Gasteiger partial charge is 0.221 e. The van der Waals surface area contributed by atoms with Gasteiger partial charge in [-0.15, -0.1) is 0 Å². The molecular weight excluding hydrogens is 156 g/mol. The van der Waals surface area contributed by atoms with Crippen molar-refractivity contribution in [2.24, 2.45) is 0 Å². The van der Waals surface area contributed by atoms with Crippen molar-refractivity contribution in [1.29, 1.82) is 0 Å². The lowest BCUT2D eigenvalue weighted by atomic mass is 10.1. The van der Waals surface area contributed by atoms with Gasteiger partial charge in [0, 0.05) is 18.5 Å². The third kappa shape index (κ3) is 2.19. The molecule has 0 spiro atoms. The highest BCUT2D eigenvalue weighted by atomic mass is 16.3. The fraction of sp³-hybridized carbons (Fsp3) is 0.875. The van der Waals surface area contributed by atoms with Crippen molar-refractivity contribution < 1.29 is 9.90 Å². The van der Waals surface area contributed by atoms with Crippen LogP contribution in [-0.2, 0) is 4.79 Å². The second-order valence-corrected chi connectivity index (χ2v) is 3.49. The summed E-state index contributed by atoms with van der Waals surface area (Å²) in [5.41, 5.74) is 0. The molecule has 1 amide bonds. The molecule has 1 fully saturated rings. The highest BCUT2D eigenvalue weighted by Gasteiger charge is 2.31. The Bertz CT molecular complexity index is 170. The lowest BCUT2D eigenvalue weighted by Gasteiger charge is -2.20. The number of hydrogen-bond acceptors (Lipinski definition) is 3. The average Bonchev–Trinajstić information content (AvgIpc) is 2.29. The fourth-order valence-electron chi connectivity index (χ4n) is 1.48. The first-order valence-corrected chi connectivity index (χ1v) is 4.29. The first-order valence-electron chi connectivity index (χ1n) is 4.29. The number of aliphatic hydroxyl groups excluding tert-OH is 1. The molecule has 0 aromatic rings. The Balaban J connectivity index is 2.46. The molecule has 0 saturated carbocycles. The van der Waals surface area contributed by atoms with E-state index in [9.17, 15) is 4.79 Å². The predicted octanol–water partition coefficient (Wildman–Crippen LogP) is -0.766. The van der Waals surface area contributed by atoms with Crippen molar-refractivity contribution in [2.45, 2.75) is 38.4 Å². The van der Waals surface area contributed by atoms with E-state index in [0.29, 0.717) is 12.5 Å². The van der Waals surface area contributed by atoms with Gasteiger partial charge in [-0.05, 0) is 0 Å². The Morgan fingerprint density at radius 2 is 2.42 bits per heavy atom. The summed E-state index contributed by atoms with van der Waals surface area (Å²) in [6.07, 6.45) is 0.476. The number of amides is 1. The van der Waals surface area contributed by atoms with Crippen LogP contribution in [-0.4, -0.2) is 35.7 Å². The number of carbonyl (C=O) groups is 1. The first-order chi connectivity index (χ1) is 5.63. The molecule has 12 heavy (non-hydrogen) atoms. The van der Waals surface area contributed by atoms with E-state index in [2.05, 4.69) is 10.6 Å². The molecule has 0 bridgehead atoms. The van der Waals surface area contributed by atoms with Crippen LogP contribution in [0.5, 0.6) is 0 Å². The van der Waals surface area contributed by atoms with E-state index in [-0.39, 0.29) is 24.6 Å². The summed E-state index contributed by atoms with van der Waals surface area (Å²) in [5, 5.41) is 14.8. The number of hydrogen-bond donors (Lipinski definition) is 3. The van der Waals surface area contributed by atoms with Gasteiger partial charge < -0.3 is 15.7 Å². The Morgan fingerprint density at radius 1 is 1.75 bits per heavy atom. The molecule has 3 N–H and O–H groups in total. The van der Waals surface area contributed by atoms with E-state index in [0.717, 1.165) is 0 Å². The summed E-state index contributed by atoms with van der Waals surface area (Å²) in [6, 6.07) is 0.319. The maximum Gasteiger partial charge on any atom is 0.221 e. The van der Waals surface area contributed by atoms with Gasteiger partial charge in [0.15, 0.2) is 0 Å². The zero-order valence-electron chi connectivity index (χ0n) is 7.50. The lowest BCUT2D eigenvalue weighted by Crippen LogP contribution is -2.45. The predicted molar refractivity (Wildman–Crippen MR) is 45.7 cm³/mol. The van der Waals surface area contributed by atoms with Crippen LogP contribution in [0.4, 0.5) is 0 Å². The minimum Gasteiger partial charge on any atom is -0.394 e. The molecule has 0 aliphatic carbocycles. The van der Waals surface area contributed by atoms with E-state index in [1.165, 1.54) is 0 Å². The van der Waals surface area contributed by atoms with Crippen LogP contribution in [0.3, 0.4) is 0 Å². The highest BCUT2D eigenvalue weighted by molar-refractivity contribution is 5.79. The van der Waals surface area contributed by atoms with Gasteiger partial charge in [0.1, 0.15) is 0 Å². The Morgan fingerprint density at radius 3 is 2.92 bits per heavy atom. The van der Waals surface area contributed by atoms with Crippen molar-refractivity contribution in [3.63, 3.8) is 0 Å². The zero-order valence-corrected chi connectivity index (χ0v) is 7.50. The van der Waals surface area contributed by atoms with Crippen LogP contribution in [0.25, 0.3) is 0 Å². The maximum absolute atomic E-state index is 10.9. The third-order valence-corrected chi connectivity index (χ3v) is 1.98. The summed E-state index contributed by atoms with van der Waals surface area (Å²) in [4.78, 5) is 10.9. The monoisotopic (exact) mass is 172 g/mol. The van der Waals surface area contributed by atoms with Gasteiger partial charge in [-0.3, -0.25) is 4.79 Å². The van der Waals surface area contributed by atoms with E-state index < -0.39 is 0 Å². The summed E-state index contributed by atoms with van der Waals surface area (Å²) >= 11 is 0. The second-order valence-electron chi connectivity index (χ2n) is 3.49. The second kappa shape index (κ2) is 3.87. The molecule has 1 rings (SSSR count). The van der Waals surface area contributed by atoms with Crippen molar-refractivity contribution in [3.8, 4) is 0 Å². The van der Waals surface area contributed by atoms with Crippen LogP contribution < -0.4 is 10.6 Å². The summed E-state index contributed by atoms with van der Waals surface area (Å²) in [6.45, 7) is 4.06. The molecule has 0 aromatic carbocycles. The van der Waals surface area contributed by atoms with E-state index in [1.54, 1.807) is 0 Å². The number of rotatable bonds is 3. The van der Waals surface area contributed by atoms with Crippen LogP contribution in [0.2, 0.25) is 0 Å². The molecule has 0 aromatic heterocycles. The van der Waals surface area contributed by atoms with Crippen LogP contribution in [0, 0.1) is 0 Å². The first kappa shape index (κ1) is 9.48. The van der Waals surface area contributed by atoms with Crippen molar-refractivity contribution in [3.05, 3.63) is 0 Å². The lowest BCUT2D eigenvalue weighted by molar-refractivity contribution is -0.119. The van der Waals surface area contributed by atoms with Gasteiger partial charge in [-0.2, -0.15) is 0 Å². The van der Waals surface area contributed by atoms with Crippen molar-refractivity contribution in [2.75, 3.05) is 6.61 Å². The van der Waals surface area contributed by atoms with Gasteiger partial charge in [0.05, 0.1) is 12.6 Å². The Hall–Kier alpha value is -0.610. The van der Waals surface area contributed by atoms with Crippen LogP contribution in [0.15, 0.2) is 0 Å². The zero-order chi connectivity index (χ0) is 9.14. The Labute approximate surface area is 72.3 Å². The number of nitrogens with one attached hydrogen (secondary N) is 2. The fourth-order valence-corrected chi connectivity index (χ4v) is 1.48. The Kier molecular flexibility index (Phi) is 3.05. The molecular formula is C8H16N2O2. The standard InChI is InChI=1S/C8H16N2O2/c1-5(2)9-6-3-8(12)10-7(6)4-11/h5-7,9,11H,3-4H2,1-2H3,(H,10,12)/t6-,7+/m0/s1. The molecule has 1 aliphatic rings. The van der Waals surface area contributed by atoms with E-state index in [1.807, 2.05) is 13.8 Å². The minimum absolute atomic E-state index is 0.0100. The van der Waals surface area contributed by atoms with Crippen molar-refractivity contribution in [1.82, 2.24) is 10.6 Å². The molecule has 0 radical (unpaired) electrons. The molecule has 4 nitrogen and oxygen atoms in total. The molecule has 2 atom stereocenters. The van der Waals surface area contributed by atoms with Gasteiger partial charge in [-0.25, -0.2) is 0 Å². The van der Waals surface area contributed by atoms with Gasteiger partial charge in [0.2, 0.25) is 5.91 Å². The largest absolute Gasteiger partial charge is 0.394 e. The summed E-state index contributed by atoms with van der Waals surface area (Å²) in [5.74, 6) is 0.0206. The SMILES string of the molecule is CC(C)N[C@H]1CC(=O)N[C@@H]1CO. The summed E-state index contributed by atoms with van der Waals surface area (Å²) in [7, 11) is 0. The molecule has 1 saturated heterocycles. The number of carbonyl (C=O) groups excluding carboxylic acids is 1. The molecule has 0 unspecified atom stereocenters. The highest BCUT2D eigenvalue weighted by Crippen LogP contribution is 2.08. The topological polar surface area (TPSA) is 61.4 Å². The quantitative estimate of drug-likeness (QED) is 0.524. The maximum atomic E-state index is 10.9. The van der Waals surface area contributed by atoms with Gasteiger partial charge in [-0.1, -0.05) is 13.8 Å². The summed E-state index contributed by atoms with van der Waals surface area (Å²) < 4.78 is 0. The van der Waals surface area contributed by atoms with Crippen molar-refractivity contribution >= 4 is 5.91 Å². The average molecular weight is 172 g/mol. The van der Waals surface area contributed by atoms with Crippen LogP contribution in [0.1, 0.15) is 20.3 Å². The number of aliphatic hydroxyl groups is 1. The normalized spacial score (nSPS) is 29.5. The molecule has 4 heteroatoms.